The Morgan fingerprint density at radius 1 is 1.12 bits per heavy atom. The van der Waals surface area contributed by atoms with E-state index in [-0.39, 0.29) is 11.6 Å². The van der Waals surface area contributed by atoms with E-state index < -0.39 is 0 Å². The van der Waals surface area contributed by atoms with Gasteiger partial charge in [-0.15, -0.1) is 5.10 Å². The fourth-order valence-electron chi connectivity index (χ4n) is 2.25. The molecule has 2 aromatic carbocycles. The second kappa shape index (κ2) is 7.41. The summed E-state index contributed by atoms with van der Waals surface area (Å²) in [6.45, 7) is 3.11. The molecule has 0 aliphatic rings. The van der Waals surface area contributed by atoms with Crippen LogP contribution in [-0.4, -0.2) is 27.5 Å². The first-order valence-electron chi connectivity index (χ1n) is 7.73. The van der Waals surface area contributed by atoms with Gasteiger partial charge in [-0.2, -0.15) is 0 Å². The molecule has 0 saturated carbocycles. The first-order valence-corrected chi connectivity index (χ1v) is 7.73. The second-order valence-corrected chi connectivity index (χ2v) is 5.20. The quantitative estimate of drug-likeness (QED) is 0.757. The van der Waals surface area contributed by atoms with E-state index in [2.05, 4.69) is 15.6 Å². The molecule has 0 atom stereocenters. The molecule has 6 heteroatoms. The fourth-order valence-corrected chi connectivity index (χ4v) is 2.25. The molecule has 0 spiro atoms. The minimum absolute atomic E-state index is 0.278. The summed E-state index contributed by atoms with van der Waals surface area (Å²) in [4.78, 5) is 12.2. The van der Waals surface area contributed by atoms with Crippen LogP contribution in [0.25, 0.3) is 0 Å². The minimum Gasteiger partial charge on any atom is -0.494 e. The van der Waals surface area contributed by atoms with Gasteiger partial charge in [0.1, 0.15) is 5.75 Å². The number of hydrogen-bond donors (Lipinski definition) is 1. The van der Waals surface area contributed by atoms with Crippen molar-refractivity contribution in [2.45, 2.75) is 13.5 Å². The number of carbonyl (C=O) groups excluding carboxylic acids is 1. The van der Waals surface area contributed by atoms with Gasteiger partial charge in [-0.3, -0.25) is 4.79 Å². The smallest absolute Gasteiger partial charge is 0.277 e. The summed E-state index contributed by atoms with van der Waals surface area (Å²) in [6.07, 6.45) is 1.64. The summed E-state index contributed by atoms with van der Waals surface area (Å²) in [5.41, 5.74) is 2.06. The number of carbonyl (C=O) groups is 1. The van der Waals surface area contributed by atoms with E-state index in [9.17, 15) is 4.79 Å². The van der Waals surface area contributed by atoms with Crippen LogP contribution >= 0.6 is 0 Å². The molecule has 0 aliphatic heterocycles. The van der Waals surface area contributed by atoms with Crippen LogP contribution in [0.3, 0.4) is 0 Å². The van der Waals surface area contributed by atoms with Gasteiger partial charge in [0, 0.05) is 5.69 Å². The zero-order valence-corrected chi connectivity index (χ0v) is 13.3. The molecule has 1 heterocycles. The number of aromatic nitrogens is 3. The molecule has 6 nitrogen and oxygen atoms in total. The SMILES string of the molecule is CCOc1ccc(NC(=O)c2cn(Cc3ccccc3)nn2)cc1. The van der Waals surface area contributed by atoms with E-state index in [0.717, 1.165) is 11.3 Å². The topological polar surface area (TPSA) is 69.0 Å². The first-order chi connectivity index (χ1) is 11.7. The lowest BCUT2D eigenvalue weighted by Crippen LogP contribution is -2.12. The second-order valence-electron chi connectivity index (χ2n) is 5.20. The summed E-state index contributed by atoms with van der Waals surface area (Å²) in [5.74, 6) is 0.475. The number of ether oxygens (including phenoxy) is 1. The molecule has 0 unspecified atom stereocenters. The Morgan fingerprint density at radius 2 is 1.88 bits per heavy atom. The zero-order chi connectivity index (χ0) is 16.8. The lowest BCUT2D eigenvalue weighted by molar-refractivity contribution is 0.102. The van der Waals surface area contributed by atoms with Crippen molar-refractivity contribution in [3.05, 3.63) is 72.1 Å². The van der Waals surface area contributed by atoms with Crippen LogP contribution < -0.4 is 10.1 Å². The van der Waals surface area contributed by atoms with Crippen molar-refractivity contribution in [2.75, 3.05) is 11.9 Å². The van der Waals surface area contributed by atoms with Crippen molar-refractivity contribution in [1.82, 2.24) is 15.0 Å². The molecular formula is C18H18N4O2. The summed E-state index contributed by atoms with van der Waals surface area (Å²) in [7, 11) is 0. The molecule has 0 fully saturated rings. The highest BCUT2D eigenvalue weighted by Crippen LogP contribution is 2.16. The molecule has 122 valence electrons. The molecule has 0 bridgehead atoms. The predicted molar refractivity (Wildman–Crippen MR) is 91.1 cm³/mol. The van der Waals surface area contributed by atoms with Crippen LogP contribution in [0, 0.1) is 0 Å². The van der Waals surface area contributed by atoms with Gasteiger partial charge in [-0.25, -0.2) is 4.68 Å². The van der Waals surface area contributed by atoms with Crippen molar-refractivity contribution in [3.63, 3.8) is 0 Å². The van der Waals surface area contributed by atoms with E-state index in [0.29, 0.717) is 18.8 Å². The maximum Gasteiger partial charge on any atom is 0.277 e. The summed E-state index contributed by atoms with van der Waals surface area (Å²) in [5, 5.41) is 10.7. The lowest BCUT2D eigenvalue weighted by Gasteiger charge is -2.05. The van der Waals surface area contributed by atoms with Crippen molar-refractivity contribution in [2.24, 2.45) is 0 Å². The highest BCUT2D eigenvalue weighted by molar-refractivity contribution is 6.02. The fraction of sp³-hybridized carbons (Fsp3) is 0.167. The van der Waals surface area contributed by atoms with Crippen LogP contribution in [0.2, 0.25) is 0 Å². The van der Waals surface area contributed by atoms with Crippen molar-refractivity contribution in [3.8, 4) is 5.75 Å². The third kappa shape index (κ3) is 3.98. The van der Waals surface area contributed by atoms with E-state index in [1.165, 1.54) is 0 Å². The van der Waals surface area contributed by atoms with Crippen LogP contribution in [0.1, 0.15) is 23.0 Å². The van der Waals surface area contributed by atoms with Crippen LogP contribution in [0.5, 0.6) is 5.75 Å². The molecular weight excluding hydrogens is 304 g/mol. The Hall–Kier alpha value is -3.15. The number of nitrogens with one attached hydrogen (secondary N) is 1. The normalized spacial score (nSPS) is 10.4. The molecule has 1 amide bonds. The number of amides is 1. The molecule has 3 rings (SSSR count). The third-order valence-electron chi connectivity index (χ3n) is 3.38. The highest BCUT2D eigenvalue weighted by Gasteiger charge is 2.11. The van der Waals surface area contributed by atoms with Gasteiger partial charge >= 0.3 is 0 Å². The number of nitrogens with zero attached hydrogens (tertiary/aromatic N) is 3. The lowest BCUT2D eigenvalue weighted by atomic mass is 10.2. The van der Waals surface area contributed by atoms with Crippen molar-refractivity contribution < 1.29 is 9.53 Å². The van der Waals surface area contributed by atoms with Crippen LogP contribution in [0.15, 0.2) is 60.8 Å². The Bertz CT molecular complexity index is 797. The number of hydrogen-bond acceptors (Lipinski definition) is 4. The van der Waals surface area contributed by atoms with E-state index in [1.54, 1.807) is 23.0 Å². The number of rotatable bonds is 6. The summed E-state index contributed by atoms with van der Waals surface area (Å²) in [6, 6.07) is 17.1. The Morgan fingerprint density at radius 3 is 2.58 bits per heavy atom. The van der Waals surface area contributed by atoms with Gasteiger partial charge in [-0.1, -0.05) is 35.5 Å². The third-order valence-corrected chi connectivity index (χ3v) is 3.38. The average Bonchev–Trinajstić information content (AvgIpc) is 3.06. The largest absolute Gasteiger partial charge is 0.494 e. The van der Waals surface area contributed by atoms with Gasteiger partial charge in [0.05, 0.1) is 19.3 Å². The Balaban J connectivity index is 1.63. The molecule has 1 N–H and O–H groups in total. The Labute approximate surface area is 140 Å². The molecule has 0 saturated heterocycles. The highest BCUT2D eigenvalue weighted by atomic mass is 16.5. The van der Waals surface area contributed by atoms with Crippen LogP contribution in [0.4, 0.5) is 5.69 Å². The van der Waals surface area contributed by atoms with E-state index in [4.69, 9.17) is 4.74 Å². The molecule has 1 aromatic heterocycles. The number of anilines is 1. The Kier molecular flexibility index (Phi) is 4.86. The van der Waals surface area contributed by atoms with E-state index in [1.807, 2.05) is 49.4 Å². The van der Waals surface area contributed by atoms with Crippen molar-refractivity contribution in [1.29, 1.82) is 0 Å². The predicted octanol–water partition coefficient (Wildman–Crippen LogP) is 2.98. The van der Waals surface area contributed by atoms with Crippen LogP contribution in [-0.2, 0) is 6.54 Å². The number of benzene rings is 2. The maximum atomic E-state index is 12.2. The van der Waals surface area contributed by atoms with Gasteiger partial charge in [0.15, 0.2) is 5.69 Å². The molecule has 0 radical (unpaired) electrons. The zero-order valence-electron chi connectivity index (χ0n) is 13.3. The minimum atomic E-state index is -0.293. The standard InChI is InChI=1S/C18H18N4O2/c1-2-24-16-10-8-15(9-11-16)19-18(23)17-13-22(21-20-17)12-14-6-4-3-5-7-14/h3-11,13H,2,12H2,1H3,(H,19,23). The molecule has 24 heavy (non-hydrogen) atoms. The summed E-state index contributed by atoms with van der Waals surface area (Å²) < 4.78 is 7.01. The monoisotopic (exact) mass is 322 g/mol. The average molecular weight is 322 g/mol. The van der Waals surface area contributed by atoms with Crippen molar-refractivity contribution >= 4 is 11.6 Å². The van der Waals surface area contributed by atoms with Gasteiger partial charge in [0.25, 0.3) is 5.91 Å². The van der Waals surface area contributed by atoms with Gasteiger partial charge in [-0.05, 0) is 36.8 Å². The van der Waals surface area contributed by atoms with Gasteiger partial charge < -0.3 is 10.1 Å². The first kappa shape index (κ1) is 15.7. The van der Waals surface area contributed by atoms with E-state index >= 15 is 0 Å². The molecule has 0 aliphatic carbocycles. The van der Waals surface area contributed by atoms with Gasteiger partial charge in [0.2, 0.25) is 0 Å². The maximum absolute atomic E-state index is 12.2. The summed E-state index contributed by atoms with van der Waals surface area (Å²) >= 11 is 0. The molecule has 3 aromatic rings.